The van der Waals surface area contributed by atoms with Gasteiger partial charge in [0, 0.05) is 16.0 Å². The second kappa shape index (κ2) is 5.69. The predicted molar refractivity (Wildman–Crippen MR) is 79.3 cm³/mol. The quantitative estimate of drug-likeness (QED) is 0.668. The Bertz CT molecular complexity index is 593. The number of hydrazone groups is 1. The summed E-state index contributed by atoms with van der Waals surface area (Å²) in [5.74, 6) is 0. The van der Waals surface area contributed by atoms with Crippen molar-refractivity contribution in [2.75, 3.05) is 5.43 Å². The number of thiazole rings is 1. The molecule has 0 spiro atoms. The van der Waals surface area contributed by atoms with Crippen LogP contribution in [0.1, 0.15) is 16.8 Å². The number of anilines is 1. The molecule has 0 fully saturated rings. The van der Waals surface area contributed by atoms with Crippen molar-refractivity contribution < 1.29 is 0 Å². The Balaban J connectivity index is 2.11. The Morgan fingerprint density at radius 1 is 1.28 bits per heavy atom. The predicted octanol–water partition coefficient (Wildman–Crippen LogP) is 4.51. The van der Waals surface area contributed by atoms with Gasteiger partial charge < -0.3 is 0 Å². The maximum atomic E-state index is 6.07. The SMILES string of the molecule is Cc1csc(NN=Cc2cc(C)c(Cl)cc2Cl)n1. The second-order valence-electron chi connectivity index (χ2n) is 3.79. The lowest BCUT2D eigenvalue weighted by atomic mass is 10.1. The van der Waals surface area contributed by atoms with E-state index in [-0.39, 0.29) is 0 Å². The molecule has 0 bridgehead atoms. The first kappa shape index (κ1) is 13.3. The first-order chi connectivity index (χ1) is 8.56. The summed E-state index contributed by atoms with van der Waals surface area (Å²) < 4.78 is 0. The number of aryl methyl sites for hydroxylation is 2. The Labute approximate surface area is 119 Å². The average molecular weight is 300 g/mol. The van der Waals surface area contributed by atoms with E-state index in [9.17, 15) is 0 Å². The summed E-state index contributed by atoms with van der Waals surface area (Å²) in [4.78, 5) is 4.24. The molecule has 0 saturated carbocycles. The van der Waals surface area contributed by atoms with E-state index in [1.54, 1.807) is 12.3 Å². The molecule has 1 heterocycles. The van der Waals surface area contributed by atoms with Gasteiger partial charge in [-0.1, -0.05) is 23.2 Å². The van der Waals surface area contributed by atoms with E-state index in [1.807, 2.05) is 25.3 Å². The maximum Gasteiger partial charge on any atom is 0.203 e. The highest BCUT2D eigenvalue weighted by atomic mass is 35.5. The van der Waals surface area contributed by atoms with Crippen LogP contribution in [0.2, 0.25) is 10.0 Å². The van der Waals surface area contributed by atoms with Crippen molar-refractivity contribution in [1.82, 2.24) is 4.98 Å². The van der Waals surface area contributed by atoms with Crippen LogP contribution in [0.25, 0.3) is 0 Å². The van der Waals surface area contributed by atoms with Crippen LogP contribution in [0.3, 0.4) is 0 Å². The molecule has 1 aromatic heterocycles. The molecule has 18 heavy (non-hydrogen) atoms. The molecule has 0 aliphatic rings. The van der Waals surface area contributed by atoms with Crippen LogP contribution in [0.5, 0.6) is 0 Å². The number of rotatable bonds is 3. The van der Waals surface area contributed by atoms with E-state index in [0.717, 1.165) is 22.0 Å². The summed E-state index contributed by atoms with van der Waals surface area (Å²) in [5, 5.41) is 8.04. The maximum absolute atomic E-state index is 6.07. The van der Waals surface area contributed by atoms with Crippen molar-refractivity contribution in [3.8, 4) is 0 Å². The van der Waals surface area contributed by atoms with Gasteiger partial charge in [-0.15, -0.1) is 11.3 Å². The molecule has 0 amide bonds. The molecule has 1 aromatic carbocycles. The Morgan fingerprint density at radius 2 is 2.06 bits per heavy atom. The third-order valence-electron chi connectivity index (χ3n) is 2.26. The number of nitrogens with one attached hydrogen (secondary N) is 1. The smallest absolute Gasteiger partial charge is 0.203 e. The van der Waals surface area contributed by atoms with Crippen LogP contribution < -0.4 is 5.43 Å². The fourth-order valence-electron chi connectivity index (χ4n) is 1.34. The van der Waals surface area contributed by atoms with Crippen molar-refractivity contribution in [3.63, 3.8) is 0 Å². The lowest BCUT2D eigenvalue weighted by Crippen LogP contribution is -1.92. The first-order valence-electron chi connectivity index (χ1n) is 5.23. The zero-order chi connectivity index (χ0) is 13.1. The first-order valence-corrected chi connectivity index (χ1v) is 6.86. The number of hydrogen-bond acceptors (Lipinski definition) is 4. The molecule has 1 N–H and O–H groups in total. The fraction of sp³-hybridized carbons (Fsp3) is 0.167. The minimum atomic E-state index is 0.575. The largest absolute Gasteiger partial charge is 0.253 e. The Morgan fingerprint density at radius 3 is 2.72 bits per heavy atom. The Kier molecular flexibility index (Phi) is 4.22. The standard InChI is InChI=1S/C12H11Cl2N3S/c1-7-3-9(11(14)4-10(7)13)5-15-17-12-16-8(2)6-18-12/h3-6H,1-2H3,(H,16,17). The molecule has 0 unspecified atom stereocenters. The molecule has 94 valence electrons. The highest BCUT2D eigenvalue weighted by Crippen LogP contribution is 2.23. The summed E-state index contributed by atoms with van der Waals surface area (Å²) >= 11 is 13.5. The molecule has 2 aromatic rings. The molecule has 6 heteroatoms. The van der Waals surface area contributed by atoms with Crippen LogP contribution in [-0.2, 0) is 0 Å². The molecule has 0 atom stereocenters. The monoisotopic (exact) mass is 299 g/mol. The van der Waals surface area contributed by atoms with Gasteiger partial charge in [0.25, 0.3) is 0 Å². The van der Waals surface area contributed by atoms with Crippen LogP contribution in [0.4, 0.5) is 5.13 Å². The molecule has 3 nitrogen and oxygen atoms in total. The lowest BCUT2D eigenvalue weighted by molar-refractivity contribution is 1.22. The van der Waals surface area contributed by atoms with Crippen molar-refractivity contribution in [2.45, 2.75) is 13.8 Å². The van der Waals surface area contributed by atoms with Crippen molar-refractivity contribution in [1.29, 1.82) is 0 Å². The van der Waals surface area contributed by atoms with Gasteiger partial charge in [0.2, 0.25) is 5.13 Å². The van der Waals surface area contributed by atoms with Gasteiger partial charge in [0.1, 0.15) is 0 Å². The third kappa shape index (κ3) is 3.22. The summed E-state index contributed by atoms with van der Waals surface area (Å²) in [5.41, 5.74) is 5.62. The van der Waals surface area contributed by atoms with Crippen LogP contribution in [0.15, 0.2) is 22.6 Å². The molecular formula is C12H11Cl2N3S. The molecule has 0 aliphatic carbocycles. The molecular weight excluding hydrogens is 289 g/mol. The Hall–Kier alpha value is -1.10. The van der Waals surface area contributed by atoms with E-state index in [4.69, 9.17) is 23.2 Å². The number of nitrogens with zero attached hydrogens (tertiary/aromatic N) is 2. The summed E-state index contributed by atoms with van der Waals surface area (Å²) in [7, 11) is 0. The number of halogens is 2. The highest BCUT2D eigenvalue weighted by molar-refractivity contribution is 7.13. The second-order valence-corrected chi connectivity index (χ2v) is 5.46. The topological polar surface area (TPSA) is 37.3 Å². The number of benzene rings is 1. The van der Waals surface area contributed by atoms with Gasteiger partial charge in [0.05, 0.1) is 16.9 Å². The molecule has 2 rings (SSSR count). The minimum Gasteiger partial charge on any atom is -0.253 e. The third-order valence-corrected chi connectivity index (χ3v) is 3.86. The van der Waals surface area contributed by atoms with E-state index in [0.29, 0.717) is 10.0 Å². The van der Waals surface area contributed by atoms with Crippen LogP contribution in [-0.4, -0.2) is 11.2 Å². The van der Waals surface area contributed by atoms with Gasteiger partial charge in [-0.3, -0.25) is 5.43 Å². The zero-order valence-electron chi connectivity index (χ0n) is 9.87. The highest BCUT2D eigenvalue weighted by Gasteiger charge is 2.02. The molecule has 0 saturated heterocycles. The normalized spacial score (nSPS) is 11.1. The fourth-order valence-corrected chi connectivity index (χ4v) is 2.41. The van der Waals surface area contributed by atoms with Gasteiger partial charge in [-0.05, 0) is 31.5 Å². The van der Waals surface area contributed by atoms with E-state index >= 15 is 0 Å². The van der Waals surface area contributed by atoms with Crippen molar-refractivity contribution in [2.24, 2.45) is 5.10 Å². The van der Waals surface area contributed by atoms with Crippen molar-refractivity contribution in [3.05, 3.63) is 44.4 Å². The minimum absolute atomic E-state index is 0.575. The molecule has 0 radical (unpaired) electrons. The van der Waals surface area contributed by atoms with Gasteiger partial charge in [-0.2, -0.15) is 5.10 Å². The summed E-state index contributed by atoms with van der Waals surface area (Å²) in [6.45, 7) is 3.86. The van der Waals surface area contributed by atoms with Gasteiger partial charge in [-0.25, -0.2) is 4.98 Å². The van der Waals surface area contributed by atoms with Gasteiger partial charge >= 0.3 is 0 Å². The van der Waals surface area contributed by atoms with E-state index in [1.165, 1.54) is 11.3 Å². The number of hydrogen-bond donors (Lipinski definition) is 1. The lowest BCUT2D eigenvalue weighted by Gasteiger charge is -2.02. The van der Waals surface area contributed by atoms with E-state index < -0.39 is 0 Å². The van der Waals surface area contributed by atoms with E-state index in [2.05, 4.69) is 15.5 Å². The number of aromatic nitrogens is 1. The zero-order valence-corrected chi connectivity index (χ0v) is 12.2. The average Bonchev–Trinajstić information content (AvgIpc) is 2.71. The van der Waals surface area contributed by atoms with Crippen LogP contribution in [0, 0.1) is 13.8 Å². The van der Waals surface area contributed by atoms with Crippen LogP contribution >= 0.6 is 34.5 Å². The van der Waals surface area contributed by atoms with Crippen molar-refractivity contribution >= 4 is 45.9 Å². The summed E-state index contributed by atoms with van der Waals surface area (Å²) in [6, 6.07) is 3.61. The summed E-state index contributed by atoms with van der Waals surface area (Å²) in [6.07, 6.45) is 1.66. The van der Waals surface area contributed by atoms with Gasteiger partial charge in [0.15, 0.2) is 0 Å². The molecule has 0 aliphatic heterocycles.